The van der Waals surface area contributed by atoms with Gasteiger partial charge in [-0.15, -0.1) is 0 Å². The zero-order valence-electron chi connectivity index (χ0n) is 14.3. The Morgan fingerprint density at radius 1 is 1.18 bits per heavy atom. The molecule has 140 valence electrons. The summed E-state index contributed by atoms with van der Waals surface area (Å²) in [6, 6.07) is 12.6. The highest BCUT2D eigenvalue weighted by atomic mass is 79.9. The standard InChI is InChI=1S/C19H13BrFN5O2/c20-17-8-14(5-6-23-17)28-10-13-7-18-24-15(19(22)27)9-16(26(18)25-13)11-1-3-12(21)4-2-11/h1-9H,10H2,(H2,22,27). The van der Waals surface area contributed by atoms with Crippen molar-refractivity contribution in [1.82, 2.24) is 19.6 Å². The first kappa shape index (κ1) is 18.1. The van der Waals surface area contributed by atoms with Crippen molar-refractivity contribution in [3.63, 3.8) is 0 Å². The fraction of sp³-hybridized carbons (Fsp3) is 0.0526. The lowest BCUT2D eigenvalue weighted by molar-refractivity contribution is 0.0995. The third-order valence-corrected chi connectivity index (χ3v) is 4.39. The number of carbonyl (C=O) groups excluding carboxylic acids is 1. The minimum atomic E-state index is -0.661. The predicted molar refractivity (Wildman–Crippen MR) is 103 cm³/mol. The second-order valence-corrected chi connectivity index (χ2v) is 6.72. The van der Waals surface area contributed by atoms with Crippen molar-refractivity contribution in [2.24, 2.45) is 5.73 Å². The molecule has 0 radical (unpaired) electrons. The Bertz CT molecular complexity index is 1180. The van der Waals surface area contributed by atoms with Gasteiger partial charge in [0.15, 0.2) is 5.65 Å². The second-order valence-electron chi connectivity index (χ2n) is 5.91. The van der Waals surface area contributed by atoms with E-state index in [1.165, 1.54) is 18.2 Å². The first-order valence-corrected chi connectivity index (χ1v) is 8.99. The number of aromatic nitrogens is 4. The quantitative estimate of drug-likeness (QED) is 0.479. The summed E-state index contributed by atoms with van der Waals surface area (Å²) >= 11 is 3.29. The van der Waals surface area contributed by atoms with Crippen molar-refractivity contribution in [3.8, 4) is 17.0 Å². The summed E-state index contributed by atoms with van der Waals surface area (Å²) in [6.45, 7) is 0.189. The van der Waals surface area contributed by atoms with Gasteiger partial charge in [0.1, 0.15) is 34.2 Å². The number of rotatable bonds is 5. The number of primary amides is 1. The number of hydrogen-bond donors (Lipinski definition) is 1. The van der Waals surface area contributed by atoms with E-state index in [0.717, 1.165) is 0 Å². The average Bonchev–Trinajstić information content (AvgIpc) is 3.09. The molecule has 0 saturated heterocycles. The lowest BCUT2D eigenvalue weighted by atomic mass is 10.1. The molecule has 3 aromatic heterocycles. The highest BCUT2D eigenvalue weighted by Gasteiger charge is 2.14. The van der Waals surface area contributed by atoms with Crippen LogP contribution in [0.1, 0.15) is 16.2 Å². The number of fused-ring (bicyclic) bond motifs is 1. The number of carbonyl (C=O) groups is 1. The molecule has 0 bridgehead atoms. The van der Waals surface area contributed by atoms with E-state index in [-0.39, 0.29) is 18.1 Å². The van der Waals surface area contributed by atoms with Crippen LogP contribution in [0.25, 0.3) is 16.9 Å². The maximum atomic E-state index is 13.3. The fourth-order valence-corrected chi connectivity index (χ4v) is 3.02. The molecule has 0 aliphatic rings. The van der Waals surface area contributed by atoms with Gasteiger partial charge >= 0.3 is 0 Å². The molecular weight excluding hydrogens is 429 g/mol. The molecule has 0 fully saturated rings. The highest BCUT2D eigenvalue weighted by molar-refractivity contribution is 9.10. The maximum absolute atomic E-state index is 13.3. The van der Waals surface area contributed by atoms with Crippen molar-refractivity contribution >= 4 is 27.5 Å². The summed E-state index contributed by atoms with van der Waals surface area (Å²) in [6.07, 6.45) is 1.62. The van der Waals surface area contributed by atoms with E-state index < -0.39 is 5.91 Å². The lowest BCUT2D eigenvalue weighted by Gasteiger charge is -2.07. The Labute approximate surface area is 167 Å². The van der Waals surface area contributed by atoms with Crippen molar-refractivity contribution in [3.05, 3.63) is 76.5 Å². The predicted octanol–water partition coefficient (Wildman–Crippen LogP) is 3.37. The first-order valence-electron chi connectivity index (χ1n) is 8.19. The summed E-state index contributed by atoms with van der Waals surface area (Å²) in [4.78, 5) is 20.0. The van der Waals surface area contributed by atoms with Gasteiger partial charge in [0.25, 0.3) is 5.91 Å². The molecule has 0 spiro atoms. The van der Waals surface area contributed by atoms with Crippen LogP contribution in [-0.2, 0) is 6.61 Å². The Morgan fingerprint density at radius 3 is 2.68 bits per heavy atom. The number of nitrogens with zero attached hydrogens (tertiary/aromatic N) is 4. The monoisotopic (exact) mass is 441 g/mol. The highest BCUT2D eigenvalue weighted by Crippen LogP contribution is 2.23. The number of nitrogens with two attached hydrogens (primary N) is 1. The summed E-state index contributed by atoms with van der Waals surface area (Å²) < 4.78 is 21.2. The van der Waals surface area contributed by atoms with Crippen molar-refractivity contribution in [2.45, 2.75) is 6.61 Å². The number of benzene rings is 1. The van der Waals surface area contributed by atoms with Gasteiger partial charge in [-0.25, -0.2) is 18.9 Å². The SMILES string of the molecule is NC(=O)c1cc(-c2ccc(F)cc2)n2nc(COc3ccnc(Br)c3)cc2n1. The van der Waals surface area contributed by atoms with Crippen LogP contribution in [0.4, 0.5) is 4.39 Å². The van der Waals surface area contributed by atoms with E-state index >= 15 is 0 Å². The van der Waals surface area contributed by atoms with Crippen LogP contribution < -0.4 is 10.5 Å². The number of ether oxygens (including phenoxy) is 1. The molecule has 3 heterocycles. The Hall–Kier alpha value is -3.33. The van der Waals surface area contributed by atoms with E-state index in [1.807, 2.05) is 0 Å². The third-order valence-electron chi connectivity index (χ3n) is 3.95. The molecule has 9 heteroatoms. The van der Waals surface area contributed by atoms with Gasteiger partial charge in [0.05, 0.1) is 5.69 Å². The molecule has 0 saturated carbocycles. The summed E-state index contributed by atoms with van der Waals surface area (Å²) in [7, 11) is 0. The van der Waals surface area contributed by atoms with Crippen molar-refractivity contribution in [2.75, 3.05) is 0 Å². The van der Waals surface area contributed by atoms with Crippen LogP contribution in [0, 0.1) is 5.82 Å². The normalized spacial score (nSPS) is 10.9. The molecule has 7 nitrogen and oxygen atoms in total. The van der Waals surface area contributed by atoms with Gasteiger partial charge in [0.2, 0.25) is 0 Å². The smallest absolute Gasteiger partial charge is 0.267 e. The molecule has 0 aliphatic carbocycles. The molecule has 1 amide bonds. The largest absolute Gasteiger partial charge is 0.487 e. The van der Waals surface area contributed by atoms with E-state index in [4.69, 9.17) is 10.5 Å². The fourth-order valence-electron chi connectivity index (χ4n) is 2.68. The zero-order chi connectivity index (χ0) is 19.7. The average molecular weight is 442 g/mol. The summed E-state index contributed by atoms with van der Waals surface area (Å²) in [5, 5.41) is 4.51. The molecule has 4 rings (SSSR count). The third kappa shape index (κ3) is 3.70. The van der Waals surface area contributed by atoms with Gasteiger partial charge in [-0.3, -0.25) is 4.79 Å². The summed E-state index contributed by atoms with van der Waals surface area (Å²) in [5.74, 6) is -0.391. The number of hydrogen-bond acceptors (Lipinski definition) is 5. The van der Waals surface area contributed by atoms with E-state index in [9.17, 15) is 9.18 Å². The second kappa shape index (κ2) is 7.35. The molecule has 0 atom stereocenters. The number of halogens is 2. The Balaban J connectivity index is 1.73. The minimum Gasteiger partial charge on any atom is -0.487 e. The number of amides is 1. The topological polar surface area (TPSA) is 95.4 Å². The molecule has 0 aliphatic heterocycles. The van der Waals surface area contributed by atoms with Crippen LogP contribution in [0.5, 0.6) is 5.75 Å². The zero-order valence-corrected chi connectivity index (χ0v) is 15.9. The van der Waals surface area contributed by atoms with Gasteiger partial charge in [0, 0.05) is 23.9 Å². The van der Waals surface area contributed by atoms with E-state index in [2.05, 4.69) is 31.0 Å². The Kier molecular flexibility index (Phi) is 4.74. The minimum absolute atomic E-state index is 0.0947. The first-order chi connectivity index (χ1) is 13.5. The van der Waals surface area contributed by atoms with Crippen LogP contribution in [0.2, 0.25) is 0 Å². The Morgan fingerprint density at radius 2 is 1.96 bits per heavy atom. The van der Waals surface area contributed by atoms with Gasteiger partial charge in [-0.05, 0) is 52.3 Å². The van der Waals surface area contributed by atoms with Gasteiger partial charge in [-0.2, -0.15) is 5.10 Å². The molecule has 28 heavy (non-hydrogen) atoms. The van der Waals surface area contributed by atoms with Gasteiger partial charge in [-0.1, -0.05) is 0 Å². The summed E-state index contributed by atoms with van der Waals surface area (Å²) in [5.41, 5.74) is 7.78. The van der Waals surface area contributed by atoms with E-state index in [0.29, 0.717) is 33.0 Å². The van der Waals surface area contributed by atoms with Gasteiger partial charge < -0.3 is 10.5 Å². The number of pyridine rings is 1. The molecule has 4 aromatic rings. The van der Waals surface area contributed by atoms with Crippen LogP contribution in [-0.4, -0.2) is 25.5 Å². The molecule has 2 N–H and O–H groups in total. The van der Waals surface area contributed by atoms with Crippen molar-refractivity contribution < 1.29 is 13.9 Å². The van der Waals surface area contributed by atoms with E-state index in [1.54, 1.807) is 41.0 Å². The van der Waals surface area contributed by atoms with Crippen LogP contribution in [0.3, 0.4) is 0 Å². The maximum Gasteiger partial charge on any atom is 0.267 e. The molecular formula is C19H13BrFN5O2. The van der Waals surface area contributed by atoms with Crippen LogP contribution in [0.15, 0.2) is 59.3 Å². The molecule has 1 aromatic carbocycles. The van der Waals surface area contributed by atoms with Crippen molar-refractivity contribution in [1.29, 1.82) is 0 Å². The molecule has 0 unspecified atom stereocenters. The van der Waals surface area contributed by atoms with Crippen LogP contribution >= 0.6 is 15.9 Å². The lowest BCUT2D eigenvalue weighted by Crippen LogP contribution is -2.14.